The van der Waals surface area contributed by atoms with Gasteiger partial charge < -0.3 is 15.0 Å². The summed E-state index contributed by atoms with van der Waals surface area (Å²) in [6.07, 6.45) is -4.52. The second-order valence-corrected chi connectivity index (χ2v) is 8.01. The van der Waals surface area contributed by atoms with Crippen LogP contribution in [0.5, 0.6) is 0 Å². The molecule has 1 saturated heterocycles. The molecule has 0 spiro atoms. The zero-order valence-corrected chi connectivity index (χ0v) is 18.4. The van der Waals surface area contributed by atoms with Crippen LogP contribution in [0.1, 0.15) is 32.9 Å². The van der Waals surface area contributed by atoms with Crippen LogP contribution in [0, 0.1) is 13.8 Å². The van der Waals surface area contributed by atoms with Gasteiger partial charge in [0.1, 0.15) is 0 Å². The van der Waals surface area contributed by atoms with E-state index in [1.807, 2.05) is 24.8 Å². The Kier molecular flexibility index (Phi) is 6.42. The third kappa shape index (κ3) is 5.19. The van der Waals surface area contributed by atoms with Gasteiger partial charge in [0, 0.05) is 36.6 Å². The van der Waals surface area contributed by atoms with E-state index in [0.29, 0.717) is 37.6 Å². The Morgan fingerprint density at radius 3 is 2.30 bits per heavy atom. The van der Waals surface area contributed by atoms with Crippen molar-refractivity contribution in [2.75, 3.05) is 31.2 Å². The molecular weight excluding hydrogens is 433 g/mol. The van der Waals surface area contributed by atoms with Crippen molar-refractivity contribution in [3.8, 4) is 5.69 Å². The van der Waals surface area contributed by atoms with Gasteiger partial charge in [-0.2, -0.15) is 18.3 Å². The van der Waals surface area contributed by atoms with Crippen molar-refractivity contribution in [3.63, 3.8) is 0 Å². The van der Waals surface area contributed by atoms with Gasteiger partial charge in [-0.05, 0) is 61.9 Å². The van der Waals surface area contributed by atoms with Crippen LogP contribution in [-0.2, 0) is 17.5 Å². The molecule has 4 rings (SSSR count). The van der Waals surface area contributed by atoms with Gasteiger partial charge in [-0.1, -0.05) is 6.07 Å². The second-order valence-electron chi connectivity index (χ2n) is 8.01. The number of aryl methyl sites for hydroxylation is 2. The first kappa shape index (κ1) is 22.8. The first-order valence-electron chi connectivity index (χ1n) is 10.7. The van der Waals surface area contributed by atoms with Gasteiger partial charge in [0.15, 0.2) is 0 Å². The summed E-state index contributed by atoms with van der Waals surface area (Å²) in [5.74, 6) is -0.444. The van der Waals surface area contributed by atoms with Gasteiger partial charge in [-0.25, -0.2) is 4.68 Å². The lowest BCUT2D eigenvalue weighted by molar-refractivity contribution is -0.138. The molecule has 1 aliphatic heterocycles. The third-order valence-electron chi connectivity index (χ3n) is 5.60. The fourth-order valence-electron chi connectivity index (χ4n) is 3.92. The highest BCUT2D eigenvalue weighted by Gasteiger charge is 2.34. The Hall–Kier alpha value is -3.33. The number of halogens is 3. The molecule has 3 aromatic rings. The van der Waals surface area contributed by atoms with Crippen LogP contribution < -0.4 is 10.2 Å². The van der Waals surface area contributed by atoms with E-state index < -0.39 is 17.6 Å². The third-order valence-corrected chi connectivity index (χ3v) is 5.60. The fourth-order valence-corrected chi connectivity index (χ4v) is 3.92. The molecule has 0 atom stereocenters. The molecule has 1 N–H and O–H groups in total. The zero-order chi connectivity index (χ0) is 23.6. The molecule has 1 aliphatic rings. The highest BCUT2D eigenvalue weighted by molar-refractivity contribution is 5.94. The van der Waals surface area contributed by atoms with Gasteiger partial charge in [-0.3, -0.25) is 4.79 Å². The second kappa shape index (κ2) is 9.27. The summed E-state index contributed by atoms with van der Waals surface area (Å²) >= 11 is 0. The minimum Gasteiger partial charge on any atom is -0.378 e. The molecule has 0 bridgehead atoms. The van der Waals surface area contributed by atoms with Crippen LogP contribution in [0.2, 0.25) is 0 Å². The van der Waals surface area contributed by atoms with Crippen LogP contribution in [0.25, 0.3) is 5.69 Å². The molecular formula is C24H25F3N4O2. The number of nitrogens with one attached hydrogen (secondary N) is 1. The predicted octanol–water partition coefficient (Wildman–Crippen LogP) is 4.27. The Labute approximate surface area is 190 Å². The van der Waals surface area contributed by atoms with E-state index in [-0.39, 0.29) is 12.1 Å². The van der Waals surface area contributed by atoms with E-state index in [9.17, 15) is 18.0 Å². The van der Waals surface area contributed by atoms with Crippen LogP contribution in [-0.4, -0.2) is 42.0 Å². The molecule has 0 saturated carbocycles. The number of rotatable bonds is 5. The highest BCUT2D eigenvalue weighted by Crippen LogP contribution is 2.35. The summed E-state index contributed by atoms with van der Waals surface area (Å²) in [5, 5.41) is 7.01. The number of carbonyl (C=O) groups excluding carboxylic acids is 1. The molecule has 33 heavy (non-hydrogen) atoms. The van der Waals surface area contributed by atoms with Crippen LogP contribution in [0.4, 0.5) is 18.9 Å². The topological polar surface area (TPSA) is 59.4 Å². The van der Waals surface area contributed by atoms with Crippen molar-refractivity contribution < 1.29 is 22.7 Å². The SMILES string of the molecule is Cc1cc(C)n(-c2ccc(C(=O)NCc3ccc(N4CCOCC4)cc3C(F)(F)F)cc2)n1. The maximum atomic E-state index is 13.7. The predicted molar refractivity (Wildman–Crippen MR) is 119 cm³/mol. The summed E-state index contributed by atoms with van der Waals surface area (Å²) in [7, 11) is 0. The molecule has 2 heterocycles. The molecule has 174 valence electrons. The van der Waals surface area contributed by atoms with E-state index in [2.05, 4.69) is 10.4 Å². The largest absolute Gasteiger partial charge is 0.416 e. The number of aromatic nitrogens is 2. The first-order chi connectivity index (χ1) is 15.7. The van der Waals surface area contributed by atoms with Gasteiger partial charge in [-0.15, -0.1) is 0 Å². The number of hydrogen-bond acceptors (Lipinski definition) is 4. The average molecular weight is 458 g/mol. The lowest BCUT2D eigenvalue weighted by Crippen LogP contribution is -2.36. The van der Waals surface area contributed by atoms with Crippen LogP contribution in [0.3, 0.4) is 0 Å². The first-order valence-corrected chi connectivity index (χ1v) is 10.7. The zero-order valence-electron chi connectivity index (χ0n) is 18.4. The Morgan fingerprint density at radius 2 is 1.70 bits per heavy atom. The number of anilines is 1. The fraction of sp³-hybridized carbons (Fsp3) is 0.333. The number of alkyl halides is 3. The lowest BCUT2D eigenvalue weighted by Gasteiger charge is -2.29. The van der Waals surface area contributed by atoms with Crippen molar-refractivity contribution in [1.82, 2.24) is 15.1 Å². The molecule has 0 aliphatic carbocycles. The van der Waals surface area contributed by atoms with E-state index in [4.69, 9.17) is 4.74 Å². The number of morpholine rings is 1. The summed E-state index contributed by atoms with van der Waals surface area (Å²) in [6, 6.07) is 13.0. The van der Waals surface area contributed by atoms with Crippen LogP contribution >= 0.6 is 0 Å². The van der Waals surface area contributed by atoms with Gasteiger partial charge in [0.25, 0.3) is 5.91 Å². The Bertz CT molecular complexity index is 1130. The number of benzene rings is 2. The van der Waals surface area contributed by atoms with Crippen molar-refractivity contribution in [1.29, 1.82) is 0 Å². The van der Waals surface area contributed by atoms with E-state index >= 15 is 0 Å². The quantitative estimate of drug-likeness (QED) is 0.620. The molecule has 1 aromatic heterocycles. The molecule has 0 unspecified atom stereocenters. The van der Waals surface area contributed by atoms with Gasteiger partial charge >= 0.3 is 6.18 Å². The molecule has 6 nitrogen and oxygen atoms in total. The minimum atomic E-state index is -4.52. The Morgan fingerprint density at radius 1 is 1.03 bits per heavy atom. The minimum absolute atomic E-state index is 0.0205. The van der Waals surface area contributed by atoms with Crippen molar-refractivity contribution in [3.05, 3.63) is 76.6 Å². The van der Waals surface area contributed by atoms with Crippen molar-refractivity contribution in [2.24, 2.45) is 0 Å². The van der Waals surface area contributed by atoms with Gasteiger partial charge in [0.2, 0.25) is 0 Å². The summed E-state index contributed by atoms with van der Waals surface area (Å²) in [4.78, 5) is 14.4. The van der Waals surface area contributed by atoms with E-state index in [1.165, 1.54) is 6.07 Å². The van der Waals surface area contributed by atoms with E-state index in [1.54, 1.807) is 35.0 Å². The summed E-state index contributed by atoms with van der Waals surface area (Å²) in [6.45, 7) is 5.66. The summed E-state index contributed by atoms with van der Waals surface area (Å²) < 4.78 is 48.2. The normalized spacial score (nSPS) is 14.4. The van der Waals surface area contributed by atoms with Gasteiger partial charge in [0.05, 0.1) is 30.2 Å². The van der Waals surface area contributed by atoms with E-state index in [0.717, 1.165) is 23.1 Å². The van der Waals surface area contributed by atoms with Crippen LogP contribution in [0.15, 0.2) is 48.5 Å². The summed E-state index contributed by atoms with van der Waals surface area (Å²) in [5.41, 5.74) is 2.78. The van der Waals surface area contributed by atoms with Crippen molar-refractivity contribution >= 4 is 11.6 Å². The Balaban J connectivity index is 1.47. The average Bonchev–Trinajstić information content (AvgIpc) is 3.15. The lowest BCUT2D eigenvalue weighted by atomic mass is 10.0. The molecule has 2 aromatic carbocycles. The molecule has 9 heteroatoms. The molecule has 0 radical (unpaired) electrons. The number of carbonyl (C=O) groups is 1. The number of amides is 1. The van der Waals surface area contributed by atoms with Crippen molar-refractivity contribution in [2.45, 2.75) is 26.6 Å². The number of ether oxygens (including phenoxy) is 1. The monoisotopic (exact) mass is 458 g/mol. The molecule has 1 amide bonds. The molecule has 1 fully saturated rings. The number of hydrogen-bond donors (Lipinski definition) is 1. The standard InChI is InChI=1S/C24H25F3N4O2/c1-16-13-17(2)31(29-16)20-6-3-18(4-7-20)23(32)28-15-19-5-8-21(14-22(19)24(25,26)27)30-9-11-33-12-10-30/h3-8,13-14H,9-12,15H2,1-2H3,(H,28,32). The maximum Gasteiger partial charge on any atom is 0.416 e. The maximum absolute atomic E-state index is 13.7. The highest BCUT2D eigenvalue weighted by atomic mass is 19.4. The number of nitrogens with zero attached hydrogens (tertiary/aromatic N) is 3. The smallest absolute Gasteiger partial charge is 0.378 e.